The molecule has 3 aromatic rings. The molecular weight excluding hydrogens is 348 g/mol. The molecule has 0 fully saturated rings. The number of rotatable bonds is 4. The molecule has 0 saturated carbocycles. The molecule has 0 amide bonds. The fourth-order valence-corrected chi connectivity index (χ4v) is 2.79. The van der Waals surface area contributed by atoms with Crippen LogP contribution in [0.1, 0.15) is 24.2 Å². The van der Waals surface area contributed by atoms with E-state index in [9.17, 15) is 13.6 Å². The molecule has 0 aliphatic heterocycles. The van der Waals surface area contributed by atoms with E-state index in [2.05, 4.69) is 4.98 Å². The van der Waals surface area contributed by atoms with Crippen LogP contribution in [0.5, 0.6) is 0 Å². The summed E-state index contributed by atoms with van der Waals surface area (Å²) in [5, 5.41) is 0.452. The Morgan fingerprint density at radius 1 is 1.20 bits per heavy atom. The molecule has 0 spiro atoms. The van der Waals surface area contributed by atoms with Crippen molar-refractivity contribution < 1.29 is 8.78 Å². The minimum atomic E-state index is -0.878. The van der Waals surface area contributed by atoms with Gasteiger partial charge in [0.2, 0.25) is 0 Å². The minimum Gasteiger partial charge on any atom is -0.294 e. The summed E-state index contributed by atoms with van der Waals surface area (Å²) in [7, 11) is 1.83. The highest BCUT2D eigenvalue weighted by Gasteiger charge is 2.15. The zero-order chi connectivity index (χ0) is 18.1. The van der Waals surface area contributed by atoms with Gasteiger partial charge in [0.05, 0.1) is 10.7 Å². The molecule has 2 heterocycles. The van der Waals surface area contributed by atoms with Crippen LogP contribution in [0.2, 0.25) is 5.02 Å². The van der Waals surface area contributed by atoms with Gasteiger partial charge in [-0.2, -0.15) is 0 Å². The first-order valence-electron chi connectivity index (χ1n) is 7.68. The zero-order valence-corrected chi connectivity index (χ0v) is 14.5. The van der Waals surface area contributed by atoms with Crippen LogP contribution >= 0.6 is 11.6 Å². The van der Waals surface area contributed by atoms with Crippen molar-refractivity contribution in [1.82, 2.24) is 14.3 Å². The molecule has 2 aromatic heterocycles. The van der Waals surface area contributed by atoms with E-state index in [0.717, 1.165) is 6.07 Å². The fraction of sp³-hybridized carbons (Fsp3) is 0.222. The van der Waals surface area contributed by atoms with Crippen molar-refractivity contribution in [3.8, 4) is 0 Å². The number of fused-ring (bicyclic) bond motifs is 1. The Labute approximate surface area is 148 Å². The Morgan fingerprint density at radius 2 is 1.96 bits per heavy atom. The SMILES string of the molecule is C[C@@H](c1ccc(F)c(F)c1)N(C)Cc1cc(=O)n2cc(Cl)ccc2n1. The molecule has 0 bridgehead atoms. The van der Waals surface area contributed by atoms with Crippen LogP contribution in [0.25, 0.3) is 5.65 Å². The summed E-state index contributed by atoms with van der Waals surface area (Å²) < 4.78 is 27.9. The highest BCUT2D eigenvalue weighted by Crippen LogP contribution is 2.22. The molecule has 1 aromatic carbocycles. The average molecular weight is 364 g/mol. The highest BCUT2D eigenvalue weighted by atomic mass is 35.5. The van der Waals surface area contributed by atoms with Crippen molar-refractivity contribution >= 4 is 17.2 Å². The average Bonchev–Trinajstić information content (AvgIpc) is 2.57. The number of pyridine rings is 1. The van der Waals surface area contributed by atoms with Gasteiger partial charge >= 0.3 is 0 Å². The fourth-order valence-electron chi connectivity index (χ4n) is 2.63. The topological polar surface area (TPSA) is 37.6 Å². The maximum atomic E-state index is 13.4. The maximum Gasteiger partial charge on any atom is 0.258 e. The molecule has 0 radical (unpaired) electrons. The van der Waals surface area contributed by atoms with Crippen molar-refractivity contribution in [3.63, 3.8) is 0 Å². The second-order valence-electron chi connectivity index (χ2n) is 5.93. The van der Waals surface area contributed by atoms with E-state index < -0.39 is 11.6 Å². The van der Waals surface area contributed by atoms with Crippen molar-refractivity contribution in [3.05, 3.63) is 80.9 Å². The van der Waals surface area contributed by atoms with Crippen LogP contribution in [0, 0.1) is 11.6 Å². The summed E-state index contributed by atoms with van der Waals surface area (Å²) >= 11 is 5.89. The maximum absolute atomic E-state index is 13.4. The molecule has 1 atom stereocenters. The summed E-state index contributed by atoms with van der Waals surface area (Å²) in [6.45, 7) is 2.26. The van der Waals surface area contributed by atoms with E-state index in [1.54, 1.807) is 18.2 Å². The number of benzene rings is 1. The third-order valence-corrected chi connectivity index (χ3v) is 4.40. The zero-order valence-electron chi connectivity index (χ0n) is 13.7. The van der Waals surface area contributed by atoms with Crippen LogP contribution < -0.4 is 5.56 Å². The van der Waals surface area contributed by atoms with Gasteiger partial charge < -0.3 is 0 Å². The van der Waals surface area contributed by atoms with Gasteiger partial charge in [-0.15, -0.1) is 0 Å². The molecule has 0 aliphatic rings. The van der Waals surface area contributed by atoms with Gasteiger partial charge in [-0.25, -0.2) is 13.8 Å². The Morgan fingerprint density at radius 3 is 2.68 bits per heavy atom. The van der Waals surface area contributed by atoms with E-state index in [1.807, 2.05) is 18.9 Å². The van der Waals surface area contributed by atoms with E-state index in [1.165, 1.54) is 22.7 Å². The van der Waals surface area contributed by atoms with Gasteiger partial charge in [0.25, 0.3) is 5.56 Å². The predicted molar refractivity (Wildman–Crippen MR) is 92.7 cm³/mol. The molecule has 0 aliphatic carbocycles. The molecule has 0 unspecified atom stereocenters. The molecular formula is C18H16ClF2N3O. The van der Waals surface area contributed by atoms with Crippen LogP contribution in [0.15, 0.2) is 47.4 Å². The smallest absolute Gasteiger partial charge is 0.258 e. The lowest BCUT2D eigenvalue weighted by Gasteiger charge is -2.24. The van der Waals surface area contributed by atoms with Crippen LogP contribution in [0.4, 0.5) is 8.78 Å². The normalized spacial score (nSPS) is 12.7. The summed E-state index contributed by atoms with van der Waals surface area (Å²) in [6, 6.07) is 8.44. The molecule has 7 heteroatoms. The number of aromatic nitrogens is 2. The Hall–Kier alpha value is -2.31. The summed E-state index contributed by atoms with van der Waals surface area (Å²) in [4.78, 5) is 18.6. The Bertz CT molecular complexity index is 990. The van der Waals surface area contributed by atoms with E-state index in [0.29, 0.717) is 28.5 Å². The van der Waals surface area contributed by atoms with Crippen LogP contribution in [0.3, 0.4) is 0 Å². The molecule has 0 N–H and O–H groups in total. The standard InChI is InChI=1S/C18H16ClF2N3O/c1-11(12-3-5-15(20)16(21)7-12)23(2)10-14-8-18(25)24-9-13(19)4-6-17(24)22-14/h3-9,11H,10H2,1-2H3/t11-/m0/s1. The summed E-state index contributed by atoms with van der Waals surface area (Å²) in [5.41, 5.74) is 1.51. The van der Waals surface area contributed by atoms with Crippen LogP contribution in [-0.2, 0) is 6.54 Å². The number of hydrogen-bond donors (Lipinski definition) is 0. The quantitative estimate of drug-likeness (QED) is 0.707. The first-order valence-corrected chi connectivity index (χ1v) is 8.06. The van der Waals surface area contributed by atoms with Gasteiger partial charge in [0, 0.05) is 24.8 Å². The lowest BCUT2D eigenvalue weighted by atomic mass is 10.1. The van der Waals surface area contributed by atoms with Crippen LogP contribution in [-0.4, -0.2) is 21.3 Å². The van der Waals surface area contributed by atoms with Gasteiger partial charge in [0.15, 0.2) is 11.6 Å². The van der Waals surface area contributed by atoms with Crippen molar-refractivity contribution in [2.75, 3.05) is 7.05 Å². The lowest BCUT2D eigenvalue weighted by molar-refractivity contribution is 0.249. The van der Waals surface area contributed by atoms with Crippen molar-refractivity contribution in [2.45, 2.75) is 19.5 Å². The number of nitrogens with zero attached hydrogens (tertiary/aromatic N) is 3. The Kier molecular flexibility index (Phi) is 4.83. The first kappa shape index (κ1) is 17.5. The molecule has 4 nitrogen and oxygen atoms in total. The highest BCUT2D eigenvalue weighted by molar-refractivity contribution is 6.30. The lowest BCUT2D eigenvalue weighted by Crippen LogP contribution is -2.24. The second kappa shape index (κ2) is 6.90. The second-order valence-corrected chi connectivity index (χ2v) is 6.36. The largest absolute Gasteiger partial charge is 0.294 e. The third-order valence-electron chi connectivity index (χ3n) is 4.18. The molecule has 3 rings (SSSR count). The number of halogens is 3. The molecule has 130 valence electrons. The summed E-state index contributed by atoms with van der Waals surface area (Å²) in [5.74, 6) is -1.75. The van der Waals surface area contributed by atoms with Gasteiger partial charge in [0.1, 0.15) is 5.65 Å². The van der Waals surface area contributed by atoms with Crippen molar-refractivity contribution in [1.29, 1.82) is 0 Å². The van der Waals surface area contributed by atoms with E-state index in [4.69, 9.17) is 11.6 Å². The molecule has 25 heavy (non-hydrogen) atoms. The van der Waals surface area contributed by atoms with Gasteiger partial charge in [-0.3, -0.25) is 14.1 Å². The van der Waals surface area contributed by atoms with Gasteiger partial charge in [-0.1, -0.05) is 17.7 Å². The van der Waals surface area contributed by atoms with E-state index in [-0.39, 0.29) is 11.6 Å². The van der Waals surface area contributed by atoms with E-state index >= 15 is 0 Å². The number of hydrogen-bond acceptors (Lipinski definition) is 3. The molecule has 0 saturated heterocycles. The monoisotopic (exact) mass is 363 g/mol. The summed E-state index contributed by atoms with van der Waals surface area (Å²) in [6.07, 6.45) is 1.52. The van der Waals surface area contributed by atoms with Crippen molar-refractivity contribution in [2.24, 2.45) is 0 Å². The first-order chi connectivity index (χ1) is 11.8. The third kappa shape index (κ3) is 3.70. The minimum absolute atomic E-state index is 0.180. The Balaban J connectivity index is 1.86. The van der Waals surface area contributed by atoms with Gasteiger partial charge in [-0.05, 0) is 43.8 Å². The predicted octanol–water partition coefficient (Wildman–Crippen LogP) is 3.82.